The monoisotopic (exact) mass is 291 g/mol. The van der Waals surface area contributed by atoms with Crippen LogP contribution < -0.4 is 10.1 Å². The van der Waals surface area contributed by atoms with Crippen LogP contribution in [0.15, 0.2) is 24.3 Å². The molecule has 118 valence electrons. The number of rotatable bonds is 8. The smallest absolute Gasteiger partial charge is 0.123 e. The molecule has 21 heavy (non-hydrogen) atoms. The first-order chi connectivity index (χ1) is 10.3. The van der Waals surface area contributed by atoms with E-state index in [-0.39, 0.29) is 0 Å². The first kappa shape index (κ1) is 16.3. The second-order valence-corrected chi connectivity index (χ2v) is 5.81. The van der Waals surface area contributed by atoms with Crippen molar-refractivity contribution in [3.8, 4) is 5.75 Å². The van der Waals surface area contributed by atoms with Crippen molar-refractivity contribution in [1.29, 1.82) is 0 Å². The Labute approximate surface area is 129 Å². The lowest BCUT2D eigenvalue weighted by Crippen LogP contribution is -2.26. The highest BCUT2D eigenvalue weighted by Crippen LogP contribution is 2.29. The van der Waals surface area contributed by atoms with Crippen LogP contribution in [0, 0.1) is 0 Å². The SMILES string of the molecule is CCCNC(CCC1CCCCO1)c1ccccc1OC. The van der Waals surface area contributed by atoms with Gasteiger partial charge in [-0.05, 0) is 51.1 Å². The van der Waals surface area contributed by atoms with Gasteiger partial charge in [0, 0.05) is 18.2 Å². The van der Waals surface area contributed by atoms with E-state index in [1.54, 1.807) is 7.11 Å². The Bertz CT molecular complexity index is 402. The fraction of sp³-hybridized carbons (Fsp3) is 0.667. The average Bonchev–Trinajstić information content (AvgIpc) is 2.56. The van der Waals surface area contributed by atoms with Gasteiger partial charge in [0.2, 0.25) is 0 Å². The van der Waals surface area contributed by atoms with Gasteiger partial charge < -0.3 is 14.8 Å². The van der Waals surface area contributed by atoms with E-state index in [1.165, 1.54) is 24.8 Å². The van der Waals surface area contributed by atoms with Crippen LogP contribution in [0.2, 0.25) is 0 Å². The minimum absolute atomic E-state index is 0.353. The summed E-state index contributed by atoms with van der Waals surface area (Å²) in [5, 5.41) is 3.66. The lowest BCUT2D eigenvalue weighted by atomic mass is 9.96. The standard InChI is InChI=1S/C18H29NO2/c1-3-13-19-17(12-11-15-8-6-7-14-21-15)16-9-4-5-10-18(16)20-2/h4-5,9-10,15,17,19H,3,6-8,11-14H2,1-2H3. The van der Waals surface area contributed by atoms with Crippen LogP contribution in [-0.2, 0) is 4.74 Å². The van der Waals surface area contributed by atoms with Crippen molar-refractivity contribution in [2.75, 3.05) is 20.3 Å². The molecule has 2 unspecified atom stereocenters. The predicted octanol–water partition coefficient (Wildman–Crippen LogP) is 4.09. The summed E-state index contributed by atoms with van der Waals surface area (Å²) in [6.45, 7) is 4.18. The van der Waals surface area contributed by atoms with E-state index in [0.29, 0.717) is 12.1 Å². The number of hydrogen-bond donors (Lipinski definition) is 1. The minimum atomic E-state index is 0.353. The van der Waals surface area contributed by atoms with Crippen molar-refractivity contribution in [3.05, 3.63) is 29.8 Å². The second-order valence-electron chi connectivity index (χ2n) is 5.81. The largest absolute Gasteiger partial charge is 0.496 e. The molecule has 1 aromatic carbocycles. The van der Waals surface area contributed by atoms with Gasteiger partial charge in [-0.2, -0.15) is 0 Å². The summed E-state index contributed by atoms with van der Waals surface area (Å²) < 4.78 is 11.4. The van der Waals surface area contributed by atoms with Crippen LogP contribution in [-0.4, -0.2) is 26.4 Å². The van der Waals surface area contributed by atoms with Crippen LogP contribution in [0.4, 0.5) is 0 Å². The zero-order valence-electron chi connectivity index (χ0n) is 13.4. The molecule has 0 saturated carbocycles. The average molecular weight is 291 g/mol. The molecular formula is C18H29NO2. The molecule has 3 heteroatoms. The zero-order chi connectivity index (χ0) is 14.9. The van der Waals surface area contributed by atoms with Gasteiger partial charge in [-0.1, -0.05) is 25.1 Å². The number of para-hydroxylation sites is 1. The lowest BCUT2D eigenvalue weighted by Gasteiger charge is -2.26. The van der Waals surface area contributed by atoms with Crippen molar-refractivity contribution in [3.63, 3.8) is 0 Å². The van der Waals surface area contributed by atoms with Crippen molar-refractivity contribution >= 4 is 0 Å². The highest BCUT2D eigenvalue weighted by atomic mass is 16.5. The molecule has 0 radical (unpaired) electrons. The molecule has 1 N–H and O–H groups in total. The second kappa shape index (κ2) is 9.06. The van der Waals surface area contributed by atoms with Gasteiger partial charge in [-0.3, -0.25) is 0 Å². The number of benzene rings is 1. The van der Waals surface area contributed by atoms with Gasteiger partial charge >= 0.3 is 0 Å². The predicted molar refractivity (Wildman–Crippen MR) is 86.9 cm³/mol. The summed E-state index contributed by atoms with van der Waals surface area (Å²) in [4.78, 5) is 0. The van der Waals surface area contributed by atoms with E-state index in [1.807, 2.05) is 12.1 Å². The highest BCUT2D eigenvalue weighted by Gasteiger charge is 2.19. The summed E-state index contributed by atoms with van der Waals surface area (Å²) in [6.07, 6.45) is 7.56. The van der Waals surface area contributed by atoms with Crippen LogP contribution >= 0.6 is 0 Å². The Balaban J connectivity index is 1.99. The van der Waals surface area contributed by atoms with Crippen molar-refractivity contribution in [2.45, 2.75) is 57.6 Å². The Morgan fingerprint density at radius 3 is 2.90 bits per heavy atom. The quantitative estimate of drug-likeness (QED) is 0.782. The molecule has 2 rings (SSSR count). The molecule has 1 aromatic rings. The van der Waals surface area contributed by atoms with Crippen LogP contribution in [0.1, 0.15) is 57.1 Å². The van der Waals surface area contributed by atoms with Crippen LogP contribution in [0.25, 0.3) is 0 Å². The third-order valence-electron chi connectivity index (χ3n) is 4.21. The minimum Gasteiger partial charge on any atom is -0.496 e. The van der Waals surface area contributed by atoms with E-state index < -0.39 is 0 Å². The summed E-state index contributed by atoms with van der Waals surface area (Å²) in [6, 6.07) is 8.70. The van der Waals surface area contributed by atoms with E-state index in [9.17, 15) is 0 Å². The van der Waals surface area contributed by atoms with Crippen molar-refractivity contribution in [2.24, 2.45) is 0 Å². The summed E-state index contributed by atoms with van der Waals surface area (Å²) in [5.41, 5.74) is 1.27. The molecule has 0 spiro atoms. The maximum absolute atomic E-state index is 5.87. The molecule has 1 saturated heterocycles. The molecule has 1 heterocycles. The molecule has 3 nitrogen and oxygen atoms in total. The Kier molecular flexibility index (Phi) is 7.04. The van der Waals surface area contributed by atoms with Crippen molar-refractivity contribution in [1.82, 2.24) is 5.32 Å². The van der Waals surface area contributed by atoms with E-state index in [0.717, 1.165) is 38.2 Å². The molecular weight excluding hydrogens is 262 g/mol. The highest BCUT2D eigenvalue weighted by molar-refractivity contribution is 5.35. The lowest BCUT2D eigenvalue weighted by molar-refractivity contribution is 0.00851. The van der Waals surface area contributed by atoms with Gasteiger partial charge in [0.1, 0.15) is 5.75 Å². The Morgan fingerprint density at radius 1 is 1.33 bits per heavy atom. The van der Waals surface area contributed by atoms with Gasteiger partial charge in [-0.25, -0.2) is 0 Å². The molecule has 1 fully saturated rings. The van der Waals surface area contributed by atoms with E-state index in [2.05, 4.69) is 24.4 Å². The molecule has 2 atom stereocenters. The van der Waals surface area contributed by atoms with Gasteiger partial charge in [0.15, 0.2) is 0 Å². The number of hydrogen-bond acceptors (Lipinski definition) is 3. The first-order valence-electron chi connectivity index (χ1n) is 8.33. The maximum atomic E-state index is 5.87. The number of ether oxygens (including phenoxy) is 2. The van der Waals surface area contributed by atoms with Gasteiger partial charge in [0.25, 0.3) is 0 Å². The third-order valence-corrected chi connectivity index (χ3v) is 4.21. The number of nitrogens with one attached hydrogen (secondary N) is 1. The van der Waals surface area contributed by atoms with Gasteiger partial charge in [0.05, 0.1) is 13.2 Å². The number of methoxy groups -OCH3 is 1. The molecule has 0 aliphatic carbocycles. The van der Waals surface area contributed by atoms with Crippen molar-refractivity contribution < 1.29 is 9.47 Å². The van der Waals surface area contributed by atoms with Gasteiger partial charge in [-0.15, -0.1) is 0 Å². The summed E-state index contributed by atoms with van der Waals surface area (Å²) in [7, 11) is 1.75. The molecule has 0 aromatic heterocycles. The van der Waals surface area contributed by atoms with E-state index >= 15 is 0 Å². The molecule has 0 bridgehead atoms. The fourth-order valence-corrected chi connectivity index (χ4v) is 3.03. The Morgan fingerprint density at radius 2 is 2.19 bits per heavy atom. The Hall–Kier alpha value is -1.06. The zero-order valence-corrected chi connectivity index (χ0v) is 13.4. The topological polar surface area (TPSA) is 30.5 Å². The summed E-state index contributed by atoms with van der Waals surface area (Å²) >= 11 is 0. The normalized spacial score (nSPS) is 20.2. The summed E-state index contributed by atoms with van der Waals surface area (Å²) in [5.74, 6) is 0.982. The first-order valence-corrected chi connectivity index (χ1v) is 8.33. The fourth-order valence-electron chi connectivity index (χ4n) is 3.03. The molecule has 1 aliphatic rings. The molecule has 1 aliphatic heterocycles. The molecule has 0 amide bonds. The maximum Gasteiger partial charge on any atom is 0.123 e. The third kappa shape index (κ3) is 5.01. The van der Waals surface area contributed by atoms with Crippen LogP contribution in [0.5, 0.6) is 5.75 Å². The van der Waals surface area contributed by atoms with E-state index in [4.69, 9.17) is 9.47 Å². The van der Waals surface area contributed by atoms with Crippen LogP contribution in [0.3, 0.4) is 0 Å².